The average Bonchev–Trinajstić information content (AvgIpc) is 1.67. The van der Waals surface area contributed by atoms with Crippen molar-refractivity contribution < 1.29 is 0 Å². The molecule has 2 bridgehead atoms. The molecule has 0 aliphatic heterocycles. The van der Waals surface area contributed by atoms with Crippen molar-refractivity contribution in [3.8, 4) is 0 Å². The summed E-state index contributed by atoms with van der Waals surface area (Å²) < 4.78 is 0. The summed E-state index contributed by atoms with van der Waals surface area (Å²) in [5, 5.41) is 0. The van der Waals surface area contributed by atoms with E-state index < -0.39 is 0 Å². The molecule has 0 amide bonds. The molecule has 3 rings (SSSR count). The van der Waals surface area contributed by atoms with Crippen molar-refractivity contribution in [3.63, 3.8) is 0 Å². The van der Waals surface area contributed by atoms with Crippen molar-refractivity contribution >= 4 is 0 Å². The van der Waals surface area contributed by atoms with Crippen LogP contribution in [0.3, 0.4) is 0 Å². The quantitative estimate of drug-likeness (QED) is 0.427. The molecule has 7 heavy (non-hydrogen) atoms. The van der Waals surface area contributed by atoms with Gasteiger partial charge in [0.05, 0.1) is 0 Å². The van der Waals surface area contributed by atoms with Gasteiger partial charge in [-0.05, 0) is 43.9 Å². The average molecular weight is 93.1 g/mol. The maximum atomic E-state index is 3.45. The predicted molar refractivity (Wildman–Crippen MR) is 28.4 cm³/mol. The first kappa shape index (κ1) is 3.94. The Kier molecular flexibility index (Phi) is 0.697. The summed E-state index contributed by atoms with van der Waals surface area (Å²) in [7, 11) is 0. The minimum atomic E-state index is 0.874. The summed E-state index contributed by atoms with van der Waals surface area (Å²) in [5.41, 5.74) is 0. The Balaban J connectivity index is 1.99. The summed E-state index contributed by atoms with van der Waals surface area (Å²) in [4.78, 5) is 0. The lowest BCUT2D eigenvalue weighted by Crippen LogP contribution is -2.29. The molecule has 0 saturated heterocycles. The monoisotopic (exact) mass is 93.1 g/mol. The largest absolute Gasteiger partial charge is 0.0467 e. The minimum absolute atomic E-state index is 0.874. The van der Waals surface area contributed by atoms with Crippen molar-refractivity contribution in [2.45, 2.75) is 19.3 Å². The molecule has 0 spiro atoms. The topological polar surface area (TPSA) is 0 Å². The zero-order valence-electron chi connectivity index (χ0n) is 4.35. The highest BCUT2D eigenvalue weighted by Gasteiger charge is 2.33. The predicted octanol–water partition coefficient (Wildman–Crippen LogP) is 1.70. The Morgan fingerprint density at radius 3 is 2.00 bits per heavy atom. The first-order valence-corrected chi connectivity index (χ1v) is 3.03. The summed E-state index contributed by atoms with van der Waals surface area (Å²) in [6.45, 7) is 0. The van der Waals surface area contributed by atoms with E-state index in [4.69, 9.17) is 0 Å². The van der Waals surface area contributed by atoms with E-state index in [0.29, 0.717) is 0 Å². The number of fused-ring (bicyclic) bond motifs is 2. The zero-order valence-corrected chi connectivity index (χ0v) is 4.35. The molecule has 0 heteroatoms. The summed E-state index contributed by atoms with van der Waals surface area (Å²) in [6, 6.07) is 0. The van der Waals surface area contributed by atoms with Crippen LogP contribution in [0.15, 0.2) is 0 Å². The van der Waals surface area contributed by atoms with Gasteiger partial charge in [-0.3, -0.25) is 0 Å². The second-order valence-electron chi connectivity index (χ2n) is 2.56. The van der Waals surface area contributed by atoms with E-state index in [0.717, 1.165) is 11.8 Å². The third kappa shape index (κ3) is 0.490. The third-order valence-electron chi connectivity index (χ3n) is 1.94. The fourth-order valence-corrected chi connectivity index (χ4v) is 1.48. The van der Waals surface area contributed by atoms with Crippen molar-refractivity contribution in [1.29, 1.82) is 0 Å². The van der Waals surface area contributed by atoms with Crippen LogP contribution in [0.25, 0.3) is 0 Å². The molecule has 3 aliphatic rings. The lowest BCUT2D eigenvalue weighted by molar-refractivity contribution is 0.249. The molecular weight excluding hydrogens is 84.1 g/mol. The molecule has 0 N–H and O–H groups in total. The highest BCUT2D eigenvalue weighted by molar-refractivity contribution is 5.04. The highest BCUT2D eigenvalue weighted by Crippen LogP contribution is 2.43. The van der Waals surface area contributed by atoms with Crippen molar-refractivity contribution in [1.82, 2.24) is 0 Å². The van der Waals surface area contributed by atoms with Gasteiger partial charge in [0, 0.05) is 0 Å². The Hall–Kier alpha value is 0. The molecule has 0 aromatic carbocycles. The number of hydrogen-bond acceptors (Lipinski definition) is 0. The summed E-state index contributed by atoms with van der Waals surface area (Å²) >= 11 is 0. The lowest BCUT2D eigenvalue weighted by Gasteiger charge is -2.39. The normalized spacial score (nSPS) is 48.0. The van der Waals surface area contributed by atoms with E-state index in [1.54, 1.807) is 0 Å². The lowest BCUT2D eigenvalue weighted by atomic mass is 9.65. The molecule has 0 nitrogen and oxygen atoms in total. The van der Waals surface area contributed by atoms with E-state index in [2.05, 4.69) is 12.8 Å². The van der Waals surface area contributed by atoms with Gasteiger partial charge in [0.1, 0.15) is 0 Å². The standard InChI is InChI=1S/C7H9/c1-2-6-4-7(3-1)5-6/h1,6-7H,2-4H2. The van der Waals surface area contributed by atoms with Crippen LogP contribution in [0.2, 0.25) is 0 Å². The molecule has 2 unspecified atom stereocenters. The summed E-state index contributed by atoms with van der Waals surface area (Å²) in [6.07, 6.45) is 9.92. The van der Waals surface area contributed by atoms with Crippen LogP contribution in [-0.2, 0) is 0 Å². The fourth-order valence-electron chi connectivity index (χ4n) is 1.48. The first-order chi connectivity index (χ1) is 3.45. The molecule has 0 heterocycles. The van der Waals surface area contributed by atoms with Gasteiger partial charge in [0.25, 0.3) is 0 Å². The zero-order chi connectivity index (χ0) is 4.69. The molecule has 3 fully saturated rings. The number of hydrogen-bond donors (Lipinski definition) is 0. The fraction of sp³-hybridized carbons (Fsp3) is 0.714. The Labute approximate surface area is 44.9 Å². The maximum Gasteiger partial charge on any atom is -0.0105 e. The second-order valence-corrected chi connectivity index (χ2v) is 2.56. The van der Waals surface area contributed by atoms with E-state index in [1.807, 2.05) is 0 Å². The second kappa shape index (κ2) is 1.24. The van der Waals surface area contributed by atoms with Crippen LogP contribution in [0.5, 0.6) is 0 Å². The van der Waals surface area contributed by atoms with Crippen molar-refractivity contribution in [2.24, 2.45) is 11.8 Å². The molecule has 0 aromatic heterocycles. The van der Waals surface area contributed by atoms with E-state index in [9.17, 15) is 0 Å². The van der Waals surface area contributed by atoms with Crippen LogP contribution in [0.4, 0.5) is 0 Å². The Morgan fingerprint density at radius 1 is 1.29 bits per heavy atom. The number of rotatable bonds is 0. The Morgan fingerprint density at radius 2 is 1.86 bits per heavy atom. The van der Waals surface area contributed by atoms with Gasteiger partial charge in [-0.2, -0.15) is 0 Å². The Bertz CT molecular complexity index is 56.6. The molecule has 2 atom stereocenters. The van der Waals surface area contributed by atoms with Gasteiger partial charge in [-0.1, -0.05) is 0 Å². The van der Waals surface area contributed by atoms with Gasteiger partial charge >= 0.3 is 0 Å². The molecule has 3 radical (unpaired) electrons. The van der Waals surface area contributed by atoms with E-state index in [-0.39, 0.29) is 0 Å². The van der Waals surface area contributed by atoms with Crippen LogP contribution in [0.1, 0.15) is 19.3 Å². The van der Waals surface area contributed by atoms with Crippen LogP contribution in [-0.4, -0.2) is 0 Å². The van der Waals surface area contributed by atoms with Crippen molar-refractivity contribution in [3.05, 3.63) is 12.8 Å². The van der Waals surface area contributed by atoms with Gasteiger partial charge in [-0.25, -0.2) is 0 Å². The molecule has 37 valence electrons. The summed E-state index contributed by atoms with van der Waals surface area (Å²) in [5.74, 6) is 1.75. The maximum absolute atomic E-state index is 3.45. The van der Waals surface area contributed by atoms with E-state index >= 15 is 0 Å². The van der Waals surface area contributed by atoms with Crippen LogP contribution in [0, 0.1) is 24.7 Å². The minimum Gasteiger partial charge on any atom is -0.0467 e. The van der Waals surface area contributed by atoms with Gasteiger partial charge in [0.15, 0.2) is 0 Å². The first-order valence-electron chi connectivity index (χ1n) is 3.03. The molecular formula is C7H9. The van der Waals surface area contributed by atoms with Gasteiger partial charge in [-0.15, -0.1) is 0 Å². The highest BCUT2D eigenvalue weighted by atomic mass is 14.4. The van der Waals surface area contributed by atoms with Crippen LogP contribution < -0.4 is 0 Å². The molecule has 0 aromatic rings. The molecule has 3 saturated carbocycles. The molecule has 3 aliphatic carbocycles. The third-order valence-corrected chi connectivity index (χ3v) is 1.94. The van der Waals surface area contributed by atoms with Crippen LogP contribution >= 0.6 is 0 Å². The van der Waals surface area contributed by atoms with Crippen molar-refractivity contribution in [2.75, 3.05) is 0 Å². The smallest absolute Gasteiger partial charge is 0.0105 e. The van der Waals surface area contributed by atoms with Gasteiger partial charge < -0.3 is 0 Å². The van der Waals surface area contributed by atoms with E-state index in [1.165, 1.54) is 19.3 Å². The van der Waals surface area contributed by atoms with Gasteiger partial charge in [0.2, 0.25) is 0 Å². The SMILES string of the molecule is [C]1C2C[CH]CC1C2.